The fourth-order valence-corrected chi connectivity index (χ4v) is 2.82. The average Bonchev–Trinajstić information content (AvgIpc) is 2.57. The number of benzene rings is 2. The van der Waals surface area contributed by atoms with Crippen LogP contribution in [0.1, 0.15) is 45.6 Å². The molecular weight excluding hydrogens is 298 g/mol. The number of hydrogen-bond donors (Lipinski definition) is 1. The second-order valence-electron chi connectivity index (χ2n) is 6.07. The average molecular weight is 323 g/mol. The van der Waals surface area contributed by atoms with Crippen molar-refractivity contribution >= 4 is 5.91 Å². The highest BCUT2D eigenvalue weighted by molar-refractivity contribution is 5.94. The third-order valence-electron chi connectivity index (χ3n) is 4.16. The van der Waals surface area contributed by atoms with Crippen molar-refractivity contribution < 1.29 is 9.53 Å². The van der Waals surface area contributed by atoms with Crippen molar-refractivity contribution in [1.82, 2.24) is 5.32 Å². The number of aryl methyl sites for hydroxylation is 2. The first-order valence-electron chi connectivity index (χ1n) is 8.12. The molecule has 126 valence electrons. The van der Waals surface area contributed by atoms with Gasteiger partial charge in [-0.15, -0.1) is 6.58 Å². The van der Waals surface area contributed by atoms with Gasteiger partial charge in [0.1, 0.15) is 5.75 Å². The second-order valence-corrected chi connectivity index (χ2v) is 6.07. The molecule has 3 nitrogen and oxygen atoms in total. The molecule has 0 bridgehead atoms. The van der Waals surface area contributed by atoms with Crippen LogP contribution in [0.3, 0.4) is 0 Å². The number of amides is 1. The number of hydrogen-bond acceptors (Lipinski definition) is 2. The van der Waals surface area contributed by atoms with E-state index in [9.17, 15) is 4.79 Å². The topological polar surface area (TPSA) is 38.3 Å². The van der Waals surface area contributed by atoms with Crippen molar-refractivity contribution in [2.45, 2.75) is 33.2 Å². The predicted octanol–water partition coefficient (Wildman–Crippen LogP) is 4.53. The maximum atomic E-state index is 12.6. The summed E-state index contributed by atoms with van der Waals surface area (Å²) in [5.41, 5.74) is 5.09. The number of allylic oxidation sites excluding steroid dienone is 1. The summed E-state index contributed by atoms with van der Waals surface area (Å²) in [7, 11) is 1.63. The Labute approximate surface area is 144 Å². The fraction of sp³-hybridized carbons (Fsp3) is 0.286. The van der Waals surface area contributed by atoms with Crippen LogP contribution in [-0.2, 0) is 6.42 Å². The molecular formula is C21H25NO2. The molecule has 0 radical (unpaired) electrons. The van der Waals surface area contributed by atoms with Crippen molar-refractivity contribution in [3.8, 4) is 5.75 Å². The minimum absolute atomic E-state index is 0.0534. The van der Waals surface area contributed by atoms with Gasteiger partial charge >= 0.3 is 0 Å². The van der Waals surface area contributed by atoms with Crippen LogP contribution in [0.2, 0.25) is 0 Å². The lowest BCUT2D eigenvalue weighted by Gasteiger charge is -2.18. The summed E-state index contributed by atoms with van der Waals surface area (Å²) in [6.07, 6.45) is 2.47. The van der Waals surface area contributed by atoms with E-state index in [-0.39, 0.29) is 11.9 Å². The summed E-state index contributed by atoms with van der Waals surface area (Å²) in [4.78, 5) is 12.6. The molecule has 2 aromatic carbocycles. The third-order valence-corrected chi connectivity index (χ3v) is 4.16. The minimum Gasteiger partial charge on any atom is -0.496 e. The van der Waals surface area contributed by atoms with Gasteiger partial charge in [0.15, 0.2) is 0 Å². The van der Waals surface area contributed by atoms with Gasteiger partial charge in [-0.05, 0) is 62.1 Å². The monoisotopic (exact) mass is 323 g/mol. The maximum Gasteiger partial charge on any atom is 0.251 e. The van der Waals surface area contributed by atoms with E-state index >= 15 is 0 Å². The van der Waals surface area contributed by atoms with Crippen molar-refractivity contribution in [2.24, 2.45) is 0 Å². The van der Waals surface area contributed by atoms with E-state index in [1.807, 2.05) is 19.1 Å². The molecule has 24 heavy (non-hydrogen) atoms. The zero-order chi connectivity index (χ0) is 17.7. The van der Waals surface area contributed by atoms with Crippen LogP contribution in [0.15, 0.2) is 49.1 Å². The number of carbonyl (C=O) groups excluding carboxylic acids is 1. The molecule has 1 amide bonds. The van der Waals surface area contributed by atoms with E-state index in [4.69, 9.17) is 4.74 Å². The molecule has 0 aromatic heterocycles. The van der Waals surface area contributed by atoms with E-state index in [0.717, 1.165) is 16.9 Å². The van der Waals surface area contributed by atoms with Crippen LogP contribution < -0.4 is 10.1 Å². The Morgan fingerprint density at radius 1 is 1.25 bits per heavy atom. The fourth-order valence-electron chi connectivity index (χ4n) is 2.82. The predicted molar refractivity (Wildman–Crippen MR) is 98.7 cm³/mol. The van der Waals surface area contributed by atoms with Gasteiger partial charge in [-0.3, -0.25) is 4.79 Å². The summed E-state index contributed by atoms with van der Waals surface area (Å²) in [6.45, 7) is 9.88. The lowest BCUT2D eigenvalue weighted by Crippen LogP contribution is -2.27. The van der Waals surface area contributed by atoms with Crippen LogP contribution in [0.25, 0.3) is 0 Å². The van der Waals surface area contributed by atoms with Crippen LogP contribution in [0, 0.1) is 13.8 Å². The van der Waals surface area contributed by atoms with E-state index in [1.54, 1.807) is 19.3 Å². The molecule has 1 unspecified atom stereocenters. The highest BCUT2D eigenvalue weighted by atomic mass is 16.5. The quantitative estimate of drug-likeness (QED) is 0.793. The first kappa shape index (κ1) is 17.8. The largest absolute Gasteiger partial charge is 0.496 e. The molecule has 0 aliphatic carbocycles. The Morgan fingerprint density at radius 2 is 2.00 bits per heavy atom. The molecule has 0 aliphatic heterocycles. The summed E-state index contributed by atoms with van der Waals surface area (Å²) in [5.74, 6) is 0.686. The van der Waals surface area contributed by atoms with E-state index in [1.165, 1.54) is 11.1 Å². The molecule has 0 fully saturated rings. The van der Waals surface area contributed by atoms with E-state index < -0.39 is 0 Å². The van der Waals surface area contributed by atoms with Gasteiger partial charge in [0, 0.05) is 5.56 Å². The lowest BCUT2D eigenvalue weighted by molar-refractivity contribution is 0.0939. The third kappa shape index (κ3) is 4.05. The second kappa shape index (κ2) is 7.82. The van der Waals surface area contributed by atoms with Gasteiger partial charge in [0.2, 0.25) is 0 Å². The minimum atomic E-state index is -0.0867. The smallest absolute Gasteiger partial charge is 0.251 e. The Balaban J connectivity index is 2.21. The van der Waals surface area contributed by atoms with Gasteiger partial charge in [-0.2, -0.15) is 0 Å². The first-order chi connectivity index (χ1) is 11.5. The molecule has 2 rings (SSSR count). The number of rotatable bonds is 6. The number of methoxy groups -OCH3 is 1. The normalized spacial score (nSPS) is 11.7. The van der Waals surface area contributed by atoms with Crippen LogP contribution in [0.4, 0.5) is 0 Å². The van der Waals surface area contributed by atoms with Crippen molar-refractivity contribution in [3.63, 3.8) is 0 Å². The molecule has 0 spiro atoms. The zero-order valence-corrected chi connectivity index (χ0v) is 14.8. The molecule has 3 heteroatoms. The Morgan fingerprint density at radius 3 is 2.67 bits per heavy atom. The van der Waals surface area contributed by atoms with Gasteiger partial charge in [-0.25, -0.2) is 0 Å². The summed E-state index contributed by atoms with van der Waals surface area (Å²) in [5, 5.41) is 3.08. The Hall–Kier alpha value is -2.55. The molecule has 0 heterocycles. The van der Waals surface area contributed by atoms with Crippen LogP contribution in [0.5, 0.6) is 5.75 Å². The summed E-state index contributed by atoms with van der Waals surface area (Å²) in [6, 6.07) is 11.7. The van der Waals surface area contributed by atoms with Gasteiger partial charge in [-0.1, -0.05) is 29.8 Å². The SMILES string of the molecule is C=CCc1cc(C(=O)NC(C)c2cc(C)ccc2C)ccc1OC. The molecule has 2 aromatic rings. The van der Waals surface area contributed by atoms with E-state index in [0.29, 0.717) is 12.0 Å². The molecule has 0 aliphatic rings. The Kier molecular flexibility index (Phi) is 5.80. The van der Waals surface area contributed by atoms with Crippen molar-refractivity contribution in [3.05, 3.63) is 76.9 Å². The van der Waals surface area contributed by atoms with Crippen molar-refractivity contribution in [1.29, 1.82) is 0 Å². The molecule has 1 N–H and O–H groups in total. The zero-order valence-electron chi connectivity index (χ0n) is 14.8. The standard InChI is InChI=1S/C21H25NO2/c1-6-7-17-13-18(10-11-20(17)24-5)21(23)22-16(4)19-12-14(2)8-9-15(19)3/h6,8-13,16H,1,7H2,2-5H3,(H,22,23). The van der Waals surface area contributed by atoms with Crippen LogP contribution in [-0.4, -0.2) is 13.0 Å². The summed E-state index contributed by atoms with van der Waals surface area (Å²) < 4.78 is 5.33. The molecule has 0 saturated carbocycles. The van der Waals surface area contributed by atoms with Crippen molar-refractivity contribution in [2.75, 3.05) is 7.11 Å². The van der Waals surface area contributed by atoms with Crippen LogP contribution >= 0.6 is 0 Å². The van der Waals surface area contributed by atoms with Gasteiger partial charge in [0.25, 0.3) is 5.91 Å². The number of carbonyl (C=O) groups is 1. The number of nitrogens with one attached hydrogen (secondary N) is 1. The maximum absolute atomic E-state index is 12.6. The molecule has 1 atom stereocenters. The summed E-state index contributed by atoms with van der Waals surface area (Å²) >= 11 is 0. The van der Waals surface area contributed by atoms with Gasteiger partial charge in [0.05, 0.1) is 13.2 Å². The first-order valence-corrected chi connectivity index (χ1v) is 8.12. The lowest BCUT2D eigenvalue weighted by atomic mass is 9.99. The van der Waals surface area contributed by atoms with Gasteiger partial charge < -0.3 is 10.1 Å². The Bertz CT molecular complexity index is 749. The molecule has 0 saturated heterocycles. The number of ether oxygens (including phenoxy) is 1. The highest BCUT2D eigenvalue weighted by Crippen LogP contribution is 2.22. The van der Waals surface area contributed by atoms with E-state index in [2.05, 4.69) is 43.9 Å². The highest BCUT2D eigenvalue weighted by Gasteiger charge is 2.15.